The number of hydrogen-bond acceptors (Lipinski definition) is 3. The fourth-order valence-corrected chi connectivity index (χ4v) is 5.14. The van der Waals surface area contributed by atoms with Crippen LogP contribution in [0.2, 0.25) is 0 Å². The molecular formula is C28H25FN2O3S. The van der Waals surface area contributed by atoms with Crippen molar-refractivity contribution in [1.82, 2.24) is 5.32 Å². The Morgan fingerprint density at radius 1 is 0.829 bits per heavy atom. The van der Waals surface area contributed by atoms with E-state index in [1.54, 1.807) is 91.0 Å². The van der Waals surface area contributed by atoms with E-state index in [1.807, 2.05) is 13.0 Å². The molecule has 0 bridgehead atoms. The molecule has 1 N–H and O–H groups in total. The number of nitrogens with one attached hydrogen (secondary N) is 1. The van der Waals surface area contributed by atoms with Crippen LogP contribution < -0.4 is 9.62 Å². The van der Waals surface area contributed by atoms with Crippen molar-refractivity contribution in [2.24, 2.45) is 0 Å². The summed E-state index contributed by atoms with van der Waals surface area (Å²) in [6, 6.07) is 29.7. The predicted molar refractivity (Wildman–Crippen MR) is 135 cm³/mol. The Balaban J connectivity index is 1.53. The molecule has 7 heteroatoms. The molecule has 5 nitrogen and oxygen atoms in total. The van der Waals surface area contributed by atoms with Crippen molar-refractivity contribution in [1.29, 1.82) is 0 Å². The zero-order valence-corrected chi connectivity index (χ0v) is 20.0. The summed E-state index contributed by atoms with van der Waals surface area (Å²) in [7, 11) is -3.80. The minimum atomic E-state index is -3.80. The highest BCUT2D eigenvalue weighted by molar-refractivity contribution is 7.92. The van der Waals surface area contributed by atoms with E-state index in [0.29, 0.717) is 11.3 Å². The summed E-state index contributed by atoms with van der Waals surface area (Å²) in [5.41, 5.74) is 2.52. The van der Waals surface area contributed by atoms with Gasteiger partial charge in [0, 0.05) is 5.56 Å². The van der Waals surface area contributed by atoms with Gasteiger partial charge in [0.15, 0.2) is 0 Å². The molecule has 4 rings (SSSR count). The number of amides is 1. The van der Waals surface area contributed by atoms with Gasteiger partial charge >= 0.3 is 0 Å². The first-order valence-corrected chi connectivity index (χ1v) is 12.6. The number of carbonyl (C=O) groups excluding carboxylic acids is 1. The summed E-state index contributed by atoms with van der Waals surface area (Å²) in [6.07, 6.45) is 0. The van der Waals surface area contributed by atoms with Gasteiger partial charge in [0.25, 0.3) is 15.9 Å². The molecule has 178 valence electrons. The van der Waals surface area contributed by atoms with E-state index in [4.69, 9.17) is 0 Å². The van der Waals surface area contributed by atoms with Gasteiger partial charge in [0.2, 0.25) is 0 Å². The number of hydrogen-bond donors (Lipinski definition) is 1. The fourth-order valence-electron chi connectivity index (χ4n) is 3.67. The summed E-state index contributed by atoms with van der Waals surface area (Å²) in [5.74, 6) is -0.605. The van der Waals surface area contributed by atoms with Crippen LogP contribution in [0.1, 0.15) is 34.5 Å². The Kier molecular flexibility index (Phi) is 7.27. The Morgan fingerprint density at radius 3 is 2.00 bits per heavy atom. The van der Waals surface area contributed by atoms with Gasteiger partial charge in [-0.15, -0.1) is 0 Å². The first kappa shape index (κ1) is 24.2. The Hall–Kier alpha value is -3.97. The van der Waals surface area contributed by atoms with Crippen molar-refractivity contribution in [2.45, 2.75) is 24.4 Å². The predicted octanol–water partition coefficient (Wildman–Crippen LogP) is 5.71. The molecule has 0 aromatic heterocycles. The molecular weight excluding hydrogens is 463 g/mol. The molecule has 0 heterocycles. The molecule has 0 saturated carbocycles. The fraction of sp³-hybridized carbons (Fsp3) is 0.107. The van der Waals surface area contributed by atoms with Crippen LogP contribution in [0.3, 0.4) is 0 Å². The molecule has 0 radical (unpaired) electrons. The lowest BCUT2D eigenvalue weighted by Crippen LogP contribution is -2.30. The van der Waals surface area contributed by atoms with Gasteiger partial charge in [-0.2, -0.15) is 0 Å². The maximum atomic E-state index is 13.4. The minimum absolute atomic E-state index is 0.106. The van der Waals surface area contributed by atoms with E-state index in [-0.39, 0.29) is 29.2 Å². The van der Waals surface area contributed by atoms with E-state index in [0.717, 1.165) is 11.1 Å². The minimum Gasteiger partial charge on any atom is -0.346 e. The summed E-state index contributed by atoms with van der Waals surface area (Å²) in [5, 5.41) is 2.90. The van der Waals surface area contributed by atoms with Gasteiger partial charge in [-0.1, -0.05) is 60.7 Å². The Bertz CT molecular complexity index is 1380. The van der Waals surface area contributed by atoms with Crippen molar-refractivity contribution in [3.63, 3.8) is 0 Å². The maximum Gasteiger partial charge on any atom is 0.264 e. The smallest absolute Gasteiger partial charge is 0.264 e. The SMILES string of the molecule is C[C@H](NC(=O)c1ccc(CN(c2ccccc2)S(=O)(=O)c2ccccc2)cc1)c1ccc(F)cc1. The van der Waals surface area contributed by atoms with Crippen molar-refractivity contribution in [3.8, 4) is 0 Å². The second-order valence-electron chi connectivity index (χ2n) is 8.10. The van der Waals surface area contributed by atoms with Crippen LogP contribution in [0, 0.1) is 5.82 Å². The van der Waals surface area contributed by atoms with Crippen LogP contribution in [0.15, 0.2) is 114 Å². The first-order valence-electron chi connectivity index (χ1n) is 11.1. The molecule has 35 heavy (non-hydrogen) atoms. The number of nitrogens with zero attached hydrogens (tertiary/aromatic N) is 1. The van der Waals surface area contributed by atoms with Gasteiger partial charge in [0.05, 0.1) is 23.2 Å². The van der Waals surface area contributed by atoms with Crippen LogP contribution in [-0.4, -0.2) is 14.3 Å². The number of anilines is 1. The highest BCUT2D eigenvalue weighted by Crippen LogP contribution is 2.26. The number of sulfonamides is 1. The average molecular weight is 489 g/mol. The zero-order valence-electron chi connectivity index (χ0n) is 19.1. The van der Waals surface area contributed by atoms with E-state index >= 15 is 0 Å². The zero-order chi connectivity index (χ0) is 24.8. The third-order valence-electron chi connectivity index (χ3n) is 5.64. The maximum absolute atomic E-state index is 13.4. The average Bonchev–Trinajstić information content (AvgIpc) is 2.89. The third-order valence-corrected chi connectivity index (χ3v) is 7.42. The van der Waals surface area contributed by atoms with Crippen molar-refractivity contribution in [2.75, 3.05) is 4.31 Å². The van der Waals surface area contributed by atoms with E-state index in [9.17, 15) is 17.6 Å². The van der Waals surface area contributed by atoms with E-state index < -0.39 is 10.0 Å². The van der Waals surface area contributed by atoms with Crippen molar-refractivity contribution < 1.29 is 17.6 Å². The summed E-state index contributed by atoms with van der Waals surface area (Å²) < 4.78 is 41.4. The van der Waals surface area contributed by atoms with Crippen LogP contribution in [0.5, 0.6) is 0 Å². The lowest BCUT2D eigenvalue weighted by molar-refractivity contribution is 0.0940. The second kappa shape index (κ2) is 10.5. The van der Waals surface area contributed by atoms with Crippen LogP contribution in [0.4, 0.5) is 10.1 Å². The number of rotatable bonds is 8. The van der Waals surface area contributed by atoms with Gasteiger partial charge in [-0.25, -0.2) is 12.8 Å². The molecule has 0 saturated heterocycles. The lowest BCUT2D eigenvalue weighted by atomic mass is 10.1. The topological polar surface area (TPSA) is 66.5 Å². The van der Waals surface area contributed by atoms with Gasteiger partial charge in [-0.05, 0) is 66.6 Å². The molecule has 4 aromatic rings. The monoisotopic (exact) mass is 488 g/mol. The Morgan fingerprint density at radius 2 is 1.40 bits per heavy atom. The standard InChI is InChI=1S/C28H25FN2O3S/c1-21(23-16-18-25(29)19-17-23)30-28(32)24-14-12-22(13-15-24)20-31(26-8-4-2-5-9-26)35(33,34)27-10-6-3-7-11-27/h2-19,21H,20H2,1H3,(H,30,32)/t21-/m0/s1. The van der Waals surface area contributed by atoms with Gasteiger partial charge in [-0.3, -0.25) is 9.10 Å². The number of benzene rings is 4. The molecule has 0 aliphatic heterocycles. The molecule has 1 atom stereocenters. The molecule has 4 aromatic carbocycles. The lowest BCUT2D eigenvalue weighted by Gasteiger charge is -2.25. The summed E-state index contributed by atoms with van der Waals surface area (Å²) in [4.78, 5) is 12.9. The quantitative estimate of drug-likeness (QED) is 0.345. The molecule has 0 spiro atoms. The normalized spacial score (nSPS) is 12.1. The van der Waals surface area contributed by atoms with Crippen LogP contribution in [0.25, 0.3) is 0 Å². The molecule has 0 aliphatic carbocycles. The second-order valence-corrected chi connectivity index (χ2v) is 9.97. The molecule has 0 unspecified atom stereocenters. The third kappa shape index (κ3) is 5.75. The highest BCUT2D eigenvalue weighted by Gasteiger charge is 2.25. The molecule has 1 amide bonds. The summed E-state index contributed by atoms with van der Waals surface area (Å²) in [6.45, 7) is 1.93. The van der Waals surface area contributed by atoms with Gasteiger partial charge in [0.1, 0.15) is 5.82 Å². The number of carbonyl (C=O) groups is 1. The van der Waals surface area contributed by atoms with Crippen LogP contribution >= 0.6 is 0 Å². The number of halogens is 1. The van der Waals surface area contributed by atoms with E-state index in [1.165, 1.54) is 16.4 Å². The van der Waals surface area contributed by atoms with Crippen molar-refractivity contribution in [3.05, 3.63) is 132 Å². The van der Waals surface area contributed by atoms with E-state index in [2.05, 4.69) is 5.32 Å². The first-order chi connectivity index (χ1) is 16.8. The Labute approximate surface area is 204 Å². The van der Waals surface area contributed by atoms with Crippen molar-refractivity contribution >= 4 is 21.6 Å². The molecule has 0 aliphatic rings. The largest absolute Gasteiger partial charge is 0.346 e. The number of para-hydroxylation sites is 1. The van der Waals surface area contributed by atoms with Crippen LogP contribution in [-0.2, 0) is 16.6 Å². The molecule has 0 fully saturated rings. The van der Waals surface area contributed by atoms with Gasteiger partial charge < -0.3 is 5.32 Å². The summed E-state index contributed by atoms with van der Waals surface area (Å²) >= 11 is 0. The highest BCUT2D eigenvalue weighted by atomic mass is 32.2.